The predicted octanol–water partition coefficient (Wildman–Crippen LogP) is 6.15. The Labute approximate surface area is 203 Å². The SMILES string of the molecule is C=C(N)CC1CCc2c(nc3cc(C(=C)N4CCN(C(=C)CCCC)CC4)ccc3c2Cl)C1. The van der Waals surface area contributed by atoms with E-state index in [1.165, 1.54) is 24.1 Å². The minimum Gasteiger partial charge on any atom is -0.403 e. The smallest absolute Gasteiger partial charge is 0.0727 e. The molecule has 33 heavy (non-hydrogen) atoms. The first-order valence-corrected chi connectivity index (χ1v) is 12.7. The number of pyridine rings is 1. The summed E-state index contributed by atoms with van der Waals surface area (Å²) < 4.78 is 0. The minimum absolute atomic E-state index is 0.498. The first kappa shape index (κ1) is 23.7. The van der Waals surface area contributed by atoms with Gasteiger partial charge in [0.05, 0.1) is 10.5 Å². The second-order valence-corrected chi connectivity index (χ2v) is 10.0. The molecule has 1 unspecified atom stereocenters. The van der Waals surface area contributed by atoms with E-state index in [-0.39, 0.29) is 0 Å². The van der Waals surface area contributed by atoms with Crippen LogP contribution in [-0.2, 0) is 12.8 Å². The molecule has 1 aromatic carbocycles. The average molecular weight is 465 g/mol. The van der Waals surface area contributed by atoms with Crippen molar-refractivity contribution in [3.63, 3.8) is 0 Å². The maximum absolute atomic E-state index is 6.85. The number of nitrogens with zero attached hydrogens (tertiary/aromatic N) is 3. The van der Waals surface area contributed by atoms with E-state index in [9.17, 15) is 0 Å². The Morgan fingerprint density at radius 1 is 1.15 bits per heavy atom. The molecule has 4 rings (SSSR count). The van der Waals surface area contributed by atoms with Gasteiger partial charge in [0, 0.05) is 54.4 Å². The molecule has 2 N–H and O–H groups in total. The van der Waals surface area contributed by atoms with Crippen molar-refractivity contribution in [1.29, 1.82) is 0 Å². The lowest BCUT2D eigenvalue weighted by Crippen LogP contribution is -2.44. The Morgan fingerprint density at radius 3 is 2.58 bits per heavy atom. The van der Waals surface area contributed by atoms with Gasteiger partial charge in [0.2, 0.25) is 0 Å². The number of piperazine rings is 1. The molecule has 0 amide bonds. The molecule has 4 nitrogen and oxygen atoms in total. The van der Waals surface area contributed by atoms with Gasteiger partial charge in [0.25, 0.3) is 0 Å². The maximum Gasteiger partial charge on any atom is 0.0727 e. The molecule has 1 aromatic heterocycles. The molecule has 1 fully saturated rings. The molecule has 1 aliphatic carbocycles. The molecule has 176 valence electrons. The van der Waals surface area contributed by atoms with E-state index < -0.39 is 0 Å². The second kappa shape index (κ2) is 10.2. The summed E-state index contributed by atoms with van der Waals surface area (Å²) in [5.41, 5.74) is 13.3. The number of halogens is 1. The highest BCUT2D eigenvalue weighted by atomic mass is 35.5. The van der Waals surface area contributed by atoms with E-state index in [4.69, 9.17) is 22.3 Å². The molecule has 0 bridgehead atoms. The van der Waals surface area contributed by atoms with Crippen LogP contribution in [0.3, 0.4) is 0 Å². The van der Waals surface area contributed by atoms with Crippen molar-refractivity contribution in [2.45, 2.75) is 51.9 Å². The largest absolute Gasteiger partial charge is 0.403 e. The van der Waals surface area contributed by atoms with Crippen LogP contribution in [0.5, 0.6) is 0 Å². The Balaban J connectivity index is 1.49. The molecule has 5 heteroatoms. The number of rotatable bonds is 8. The monoisotopic (exact) mass is 464 g/mol. The van der Waals surface area contributed by atoms with Crippen LogP contribution < -0.4 is 5.73 Å². The molecule has 2 aromatic rings. The summed E-state index contributed by atoms with van der Waals surface area (Å²) in [6, 6.07) is 6.41. The zero-order chi connectivity index (χ0) is 23.5. The summed E-state index contributed by atoms with van der Waals surface area (Å²) in [7, 11) is 0. The van der Waals surface area contributed by atoms with Crippen LogP contribution in [0.15, 0.2) is 49.3 Å². The van der Waals surface area contributed by atoms with E-state index in [2.05, 4.69) is 54.7 Å². The Kier molecular flexibility index (Phi) is 7.33. The lowest BCUT2D eigenvalue weighted by atomic mass is 9.83. The van der Waals surface area contributed by atoms with Crippen LogP contribution in [0.1, 0.15) is 55.8 Å². The van der Waals surface area contributed by atoms with Crippen LogP contribution in [0.25, 0.3) is 16.6 Å². The Morgan fingerprint density at radius 2 is 1.88 bits per heavy atom. The number of benzene rings is 1. The van der Waals surface area contributed by atoms with Crippen molar-refractivity contribution in [3.05, 3.63) is 71.2 Å². The summed E-state index contributed by atoms with van der Waals surface area (Å²) in [6.45, 7) is 18.8. The maximum atomic E-state index is 6.85. The van der Waals surface area contributed by atoms with Crippen molar-refractivity contribution >= 4 is 28.2 Å². The van der Waals surface area contributed by atoms with E-state index in [1.54, 1.807) is 0 Å². The molecule has 1 atom stereocenters. The summed E-state index contributed by atoms with van der Waals surface area (Å²) in [5, 5.41) is 1.89. The van der Waals surface area contributed by atoms with E-state index in [0.29, 0.717) is 5.92 Å². The zero-order valence-corrected chi connectivity index (χ0v) is 20.8. The van der Waals surface area contributed by atoms with Gasteiger partial charge in [0.15, 0.2) is 0 Å². The minimum atomic E-state index is 0.498. The summed E-state index contributed by atoms with van der Waals surface area (Å²) in [5.74, 6) is 0.498. The first-order chi connectivity index (χ1) is 15.9. The zero-order valence-electron chi connectivity index (χ0n) is 20.0. The van der Waals surface area contributed by atoms with Gasteiger partial charge in [-0.1, -0.05) is 56.8 Å². The van der Waals surface area contributed by atoms with E-state index >= 15 is 0 Å². The molecular weight excluding hydrogens is 428 g/mol. The van der Waals surface area contributed by atoms with Gasteiger partial charge >= 0.3 is 0 Å². The van der Waals surface area contributed by atoms with Crippen molar-refractivity contribution in [2.24, 2.45) is 11.7 Å². The predicted molar refractivity (Wildman–Crippen MR) is 141 cm³/mol. The van der Waals surface area contributed by atoms with Gasteiger partial charge in [0.1, 0.15) is 0 Å². The molecule has 2 aliphatic rings. The van der Waals surface area contributed by atoms with E-state index in [1.807, 2.05) is 0 Å². The summed E-state index contributed by atoms with van der Waals surface area (Å²) in [6.07, 6.45) is 7.32. The average Bonchev–Trinajstić information content (AvgIpc) is 2.81. The molecule has 2 heterocycles. The van der Waals surface area contributed by atoms with Gasteiger partial charge in [-0.25, -0.2) is 0 Å². The lowest BCUT2D eigenvalue weighted by molar-refractivity contribution is 0.209. The third-order valence-corrected chi connectivity index (χ3v) is 7.63. The normalized spacial score (nSPS) is 18.3. The highest BCUT2D eigenvalue weighted by Crippen LogP contribution is 2.37. The van der Waals surface area contributed by atoms with Gasteiger partial charge < -0.3 is 15.5 Å². The number of unbranched alkanes of at least 4 members (excludes halogenated alkanes) is 1. The van der Waals surface area contributed by atoms with Crippen LogP contribution in [0.4, 0.5) is 0 Å². The molecule has 0 spiro atoms. The van der Waals surface area contributed by atoms with Crippen LogP contribution in [0.2, 0.25) is 5.02 Å². The lowest BCUT2D eigenvalue weighted by Gasteiger charge is -2.39. The van der Waals surface area contributed by atoms with E-state index in [0.717, 1.165) is 96.9 Å². The standard InChI is InChI=1S/C28H37ClN4/c1-5-6-7-20(3)32-12-14-33(15-13-32)21(4)23-9-11-25-27(18-23)31-26-17-22(16-19(2)30)8-10-24(26)28(25)29/h9,11,18,22H,2-8,10,12-17,30H2,1H3. The van der Waals surface area contributed by atoms with Gasteiger partial charge in [-0.05, 0) is 61.6 Å². The summed E-state index contributed by atoms with van der Waals surface area (Å²) >= 11 is 6.85. The van der Waals surface area contributed by atoms with Crippen molar-refractivity contribution in [3.8, 4) is 0 Å². The molecular formula is C28H37ClN4. The fourth-order valence-corrected chi connectivity index (χ4v) is 5.56. The van der Waals surface area contributed by atoms with Crippen LogP contribution in [0, 0.1) is 5.92 Å². The highest BCUT2D eigenvalue weighted by Gasteiger charge is 2.24. The number of hydrogen-bond acceptors (Lipinski definition) is 4. The van der Waals surface area contributed by atoms with Gasteiger partial charge in [-0.15, -0.1) is 0 Å². The van der Waals surface area contributed by atoms with Crippen molar-refractivity contribution in [2.75, 3.05) is 26.2 Å². The third kappa shape index (κ3) is 5.22. The quantitative estimate of drug-likeness (QED) is 0.509. The highest BCUT2D eigenvalue weighted by molar-refractivity contribution is 6.36. The van der Waals surface area contributed by atoms with Crippen LogP contribution in [-0.4, -0.2) is 41.0 Å². The van der Waals surface area contributed by atoms with Crippen molar-refractivity contribution < 1.29 is 0 Å². The molecule has 0 radical (unpaired) electrons. The second-order valence-electron chi connectivity index (χ2n) is 9.64. The molecule has 0 saturated carbocycles. The molecule has 1 aliphatic heterocycles. The number of allylic oxidation sites excluding steroid dienone is 2. The number of aromatic nitrogens is 1. The van der Waals surface area contributed by atoms with Crippen molar-refractivity contribution in [1.82, 2.24) is 14.8 Å². The van der Waals surface area contributed by atoms with Crippen LogP contribution >= 0.6 is 11.6 Å². The van der Waals surface area contributed by atoms with Gasteiger partial charge in [-0.3, -0.25) is 4.98 Å². The molecule has 1 saturated heterocycles. The topological polar surface area (TPSA) is 45.4 Å². The summed E-state index contributed by atoms with van der Waals surface area (Å²) in [4.78, 5) is 9.86. The fourth-order valence-electron chi connectivity index (χ4n) is 5.20. The third-order valence-electron chi connectivity index (χ3n) is 7.20. The number of fused-ring (bicyclic) bond motifs is 2. The first-order valence-electron chi connectivity index (χ1n) is 12.3. The number of nitrogens with two attached hydrogens (primary N) is 1. The van der Waals surface area contributed by atoms with Gasteiger partial charge in [-0.2, -0.15) is 0 Å². The Bertz CT molecular complexity index is 1070. The fraction of sp³-hybridized carbons (Fsp3) is 0.464. The Hall–Kier alpha value is -2.46. The number of hydrogen-bond donors (Lipinski definition) is 1.